The van der Waals surface area contributed by atoms with E-state index in [0.717, 1.165) is 6.07 Å². The summed E-state index contributed by atoms with van der Waals surface area (Å²) in [4.78, 5) is 10.0. The van der Waals surface area contributed by atoms with Crippen molar-refractivity contribution in [1.29, 1.82) is 5.26 Å². The normalized spacial score (nSPS) is 16.0. The molecule has 1 aromatic rings. The quantitative estimate of drug-likeness (QED) is 0.624. The van der Waals surface area contributed by atoms with E-state index in [1.54, 1.807) is 6.92 Å². The van der Waals surface area contributed by atoms with Gasteiger partial charge in [0.1, 0.15) is 5.54 Å². The fourth-order valence-electron chi connectivity index (χ4n) is 1.76. The van der Waals surface area contributed by atoms with Gasteiger partial charge in [0.2, 0.25) is 10.0 Å². The molecule has 0 heterocycles. The number of nitro groups is 1. The Labute approximate surface area is 121 Å². The van der Waals surface area contributed by atoms with Gasteiger partial charge in [-0.2, -0.15) is 9.98 Å². The number of nitrogens with one attached hydrogen (secondary N) is 1. The molecule has 0 amide bonds. The van der Waals surface area contributed by atoms with Crippen LogP contribution in [0.2, 0.25) is 0 Å². The van der Waals surface area contributed by atoms with Crippen LogP contribution >= 0.6 is 0 Å². The second kappa shape index (κ2) is 5.31. The van der Waals surface area contributed by atoms with Crippen molar-refractivity contribution in [2.24, 2.45) is 0 Å². The number of nitrogens with zero attached hydrogens (tertiary/aromatic N) is 2. The predicted molar refractivity (Wildman–Crippen MR) is 72.2 cm³/mol. The second-order valence-electron chi connectivity index (χ2n) is 4.62. The van der Waals surface area contributed by atoms with Crippen LogP contribution in [0.1, 0.15) is 19.8 Å². The first-order chi connectivity index (χ1) is 9.83. The van der Waals surface area contributed by atoms with E-state index in [9.17, 15) is 18.5 Å². The Bertz CT molecular complexity index is 719. The number of rotatable bonds is 6. The highest BCUT2D eigenvalue weighted by atomic mass is 32.2. The van der Waals surface area contributed by atoms with Gasteiger partial charge in [-0.25, -0.2) is 8.42 Å². The predicted octanol–water partition coefficient (Wildman–Crippen LogP) is 1.33. The molecule has 112 valence electrons. The van der Waals surface area contributed by atoms with Gasteiger partial charge in [-0.05, 0) is 31.9 Å². The lowest BCUT2D eigenvalue weighted by Crippen LogP contribution is -2.35. The van der Waals surface area contributed by atoms with Gasteiger partial charge in [0, 0.05) is 6.07 Å². The van der Waals surface area contributed by atoms with Crippen molar-refractivity contribution >= 4 is 15.7 Å². The Morgan fingerprint density at radius 3 is 2.67 bits per heavy atom. The summed E-state index contributed by atoms with van der Waals surface area (Å²) in [7, 11) is -3.99. The first-order valence-corrected chi connectivity index (χ1v) is 7.68. The molecule has 0 saturated heterocycles. The minimum atomic E-state index is -3.99. The number of hydrogen-bond acceptors (Lipinski definition) is 6. The summed E-state index contributed by atoms with van der Waals surface area (Å²) in [5.74, 6) is 0.00266. The number of hydrogen-bond donors (Lipinski definition) is 1. The monoisotopic (exact) mass is 311 g/mol. The molecule has 1 N–H and O–H groups in total. The Hall–Kier alpha value is -2.18. The Morgan fingerprint density at radius 2 is 2.19 bits per heavy atom. The molecule has 1 aliphatic rings. The van der Waals surface area contributed by atoms with Gasteiger partial charge in [0.25, 0.3) is 0 Å². The highest BCUT2D eigenvalue weighted by Gasteiger charge is 2.47. The minimum absolute atomic E-state index is 0.00266. The van der Waals surface area contributed by atoms with E-state index in [1.165, 1.54) is 12.1 Å². The zero-order chi connectivity index (χ0) is 15.7. The Morgan fingerprint density at radius 1 is 1.52 bits per heavy atom. The van der Waals surface area contributed by atoms with Crippen LogP contribution in [0, 0.1) is 21.4 Å². The zero-order valence-electron chi connectivity index (χ0n) is 11.2. The van der Waals surface area contributed by atoms with Crippen LogP contribution in [0.3, 0.4) is 0 Å². The van der Waals surface area contributed by atoms with E-state index in [1.807, 2.05) is 6.07 Å². The van der Waals surface area contributed by atoms with Crippen LogP contribution in [-0.2, 0) is 10.0 Å². The molecule has 0 spiro atoms. The van der Waals surface area contributed by atoms with Gasteiger partial charge in [0.15, 0.2) is 5.75 Å². The summed E-state index contributed by atoms with van der Waals surface area (Å²) < 4.78 is 31.7. The molecular weight excluding hydrogens is 298 g/mol. The summed E-state index contributed by atoms with van der Waals surface area (Å²) >= 11 is 0. The van der Waals surface area contributed by atoms with Crippen molar-refractivity contribution in [3.05, 3.63) is 28.3 Å². The van der Waals surface area contributed by atoms with Gasteiger partial charge >= 0.3 is 5.69 Å². The number of nitriles is 1. The van der Waals surface area contributed by atoms with Crippen LogP contribution in [0.15, 0.2) is 23.1 Å². The minimum Gasteiger partial charge on any atom is -0.487 e. The fraction of sp³-hybridized carbons (Fsp3) is 0.417. The van der Waals surface area contributed by atoms with Gasteiger partial charge in [0.05, 0.1) is 22.5 Å². The van der Waals surface area contributed by atoms with E-state index in [2.05, 4.69) is 4.72 Å². The van der Waals surface area contributed by atoms with Crippen LogP contribution in [0.25, 0.3) is 0 Å². The summed E-state index contributed by atoms with van der Waals surface area (Å²) in [6.07, 6.45) is 0.865. The molecule has 0 aliphatic heterocycles. The van der Waals surface area contributed by atoms with Gasteiger partial charge < -0.3 is 4.74 Å². The van der Waals surface area contributed by atoms with E-state index in [4.69, 9.17) is 10.00 Å². The topological polar surface area (TPSA) is 122 Å². The third kappa shape index (κ3) is 3.12. The van der Waals surface area contributed by atoms with Gasteiger partial charge in [-0.1, -0.05) is 0 Å². The average Bonchev–Trinajstić information content (AvgIpc) is 3.18. The molecule has 9 heteroatoms. The largest absolute Gasteiger partial charge is 0.487 e. The van der Waals surface area contributed by atoms with Crippen molar-refractivity contribution in [3.8, 4) is 11.8 Å². The summed E-state index contributed by atoms with van der Waals surface area (Å²) in [5, 5.41) is 19.9. The zero-order valence-corrected chi connectivity index (χ0v) is 12.0. The molecule has 8 nitrogen and oxygen atoms in total. The Balaban J connectivity index is 2.38. The second-order valence-corrected chi connectivity index (χ2v) is 6.30. The van der Waals surface area contributed by atoms with Gasteiger partial charge in [-0.15, -0.1) is 0 Å². The first kappa shape index (κ1) is 15.2. The molecular formula is C12H13N3O5S. The van der Waals surface area contributed by atoms with Crippen LogP contribution in [0.4, 0.5) is 5.69 Å². The molecule has 0 bridgehead atoms. The molecule has 0 aromatic heterocycles. The van der Waals surface area contributed by atoms with E-state index in [0.29, 0.717) is 12.8 Å². The average molecular weight is 311 g/mol. The maximum Gasteiger partial charge on any atom is 0.312 e. The van der Waals surface area contributed by atoms with Crippen LogP contribution in [0.5, 0.6) is 5.75 Å². The number of benzene rings is 1. The van der Waals surface area contributed by atoms with Crippen molar-refractivity contribution in [1.82, 2.24) is 4.72 Å². The number of sulfonamides is 1. The SMILES string of the molecule is CCOc1ccc(S(=O)(=O)NC2(C#N)CC2)cc1[N+](=O)[O-]. The van der Waals surface area contributed by atoms with E-state index < -0.39 is 26.2 Å². The maximum absolute atomic E-state index is 12.2. The summed E-state index contributed by atoms with van der Waals surface area (Å²) in [6, 6.07) is 5.28. The molecule has 1 aliphatic carbocycles. The van der Waals surface area contributed by atoms with Crippen molar-refractivity contribution in [3.63, 3.8) is 0 Å². The summed E-state index contributed by atoms with van der Waals surface area (Å²) in [6.45, 7) is 1.89. The number of nitro benzene ring substituents is 1. The van der Waals surface area contributed by atoms with Crippen molar-refractivity contribution in [2.75, 3.05) is 6.61 Å². The molecule has 0 atom stereocenters. The Kier molecular flexibility index (Phi) is 3.85. The van der Waals surface area contributed by atoms with Crippen LogP contribution < -0.4 is 9.46 Å². The lowest BCUT2D eigenvalue weighted by Gasteiger charge is -2.11. The van der Waals surface area contributed by atoms with E-state index in [-0.39, 0.29) is 17.3 Å². The fourth-order valence-corrected chi connectivity index (χ4v) is 3.16. The third-order valence-electron chi connectivity index (χ3n) is 3.03. The molecule has 1 aromatic carbocycles. The lowest BCUT2D eigenvalue weighted by molar-refractivity contribution is -0.386. The van der Waals surface area contributed by atoms with Crippen molar-refractivity contribution < 1.29 is 18.1 Å². The molecule has 1 fully saturated rings. The molecule has 2 rings (SSSR count). The standard InChI is InChI=1S/C12H13N3O5S/c1-2-20-11-4-3-9(7-10(11)15(16)17)21(18,19)14-12(8-13)5-6-12/h3-4,7,14H,2,5-6H2,1H3. The van der Waals surface area contributed by atoms with Crippen molar-refractivity contribution in [2.45, 2.75) is 30.2 Å². The van der Waals surface area contributed by atoms with E-state index >= 15 is 0 Å². The molecule has 0 radical (unpaired) electrons. The number of ether oxygens (including phenoxy) is 1. The highest BCUT2D eigenvalue weighted by Crippen LogP contribution is 2.37. The molecule has 1 saturated carbocycles. The molecule has 21 heavy (non-hydrogen) atoms. The first-order valence-electron chi connectivity index (χ1n) is 6.20. The molecule has 0 unspecified atom stereocenters. The smallest absolute Gasteiger partial charge is 0.312 e. The highest BCUT2D eigenvalue weighted by molar-refractivity contribution is 7.89. The third-order valence-corrected chi connectivity index (χ3v) is 4.56. The summed E-state index contributed by atoms with van der Waals surface area (Å²) in [5.41, 5.74) is -1.51. The lowest BCUT2D eigenvalue weighted by atomic mass is 10.3. The maximum atomic E-state index is 12.2. The van der Waals surface area contributed by atoms with Crippen LogP contribution in [-0.4, -0.2) is 25.5 Å². The van der Waals surface area contributed by atoms with Gasteiger partial charge in [-0.3, -0.25) is 10.1 Å².